The van der Waals surface area contributed by atoms with Crippen molar-refractivity contribution in [2.45, 2.75) is 18.9 Å². The normalized spacial score (nSPS) is 16.4. The molecule has 1 fully saturated rings. The molecule has 2 aromatic carbocycles. The summed E-state index contributed by atoms with van der Waals surface area (Å²) in [4.78, 5) is 27.6. The predicted molar refractivity (Wildman–Crippen MR) is 112 cm³/mol. The van der Waals surface area contributed by atoms with Crippen LogP contribution in [0.15, 0.2) is 42.6 Å². The van der Waals surface area contributed by atoms with Gasteiger partial charge in [-0.3, -0.25) is 9.59 Å². The zero-order valence-electron chi connectivity index (χ0n) is 15.6. The highest BCUT2D eigenvalue weighted by Gasteiger charge is 2.35. The van der Waals surface area contributed by atoms with Gasteiger partial charge in [0.25, 0.3) is 5.91 Å². The number of anilines is 1. The van der Waals surface area contributed by atoms with Crippen molar-refractivity contribution >= 4 is 51.6 Å². The van der Waals surface area contributed by atoms with Crippen LogP contribution >= 0.6 is 23.2 Å². The van der Waals surface area contributed by atoms with Crippen LogP contribution in [-0.2, 0) is 11.8 Å². The van der Waals surface area contributed by atoms with Crippen molar-refractivity contribution in [2.75, 3.05) is 11.9 Å². The second kappa shape index (κ2) is 7.69. The first-order valence-corrected chi connectivity index (χ1v) is 9.92. The first-order chi connectivity index (χ1) is 13.8. The van der Waals surface area contributed by atoms with E-state index in [2.05, 4.69) is 5.32 Å². The summed E-state index contributed by atoms with van der Waals surface area (Å²) in [7, 11) is 1.80. The van der Waals surface area contributed by atoms with E-state index in [1.807, 2.05) is 0 Å². The molecule has 1 saturated heterocycles. The number of nitrogens with one attached hydrogen (secondary N) is 1. The summed E-state index contributed by atoms with van der Waals surface area (Å²) in [5.74, 6) is -1.02. The molecule has 1 aliphatic rings. The van der Waals surface area contributed by atoms with Crippen molar-refractivity contribution in [2.24, 2.45) is 7.05 Å². The number of hydrogen-bond donors (Lipinski definition) is 1. The average Bonchev–Trinajstić information content (AvgIpc) is 3.28. The van der Waals surface area contributed by atoms with Crippen LogP contribution in [0, 0.1) is 5.82 Å². The summed E-state index contributed by atoms with van der Waals surface area (Å²) < 4.78 is 15.5. The van der Waals surface area contributed by atoms with Gasteiger partial charge in [0.05, 0.1) is 16.3 Å². The molecule has 0 bridgehead atoms. The highest BCUT2D eigenvalue weighted by atomic mass is 35.5. The lowest BCUT2D eigenvalue weighted by atomic mass is 10.1. The van der Waals surface area contributed by atoms with Gasteiger partial charge < -0.3 is 14.8 Å². The Labute approximate surface area is 177 Å². The Balaban J connectivity index is 1.60. The van der Waals surface area contributed by atoms with Gasteiger partial charge in [-0.25, -0.2) is 4.39 Å². The first kappa shape index (κ1) is 19.7. The van der Waals surface area contributed by atoms with E-state index >= 15 is 0 Å². The largest absolute Gasteiger partial charge is 0.350 e. The van der Waals surface area contributed by atoms with Crippen LogP contribution in [-0.4, -0.2) is 33.9 Å². The molecule has 1 aromatic heterocycles. The SMILES string of the molecule is Cn1cc(C(=O)N2CCC[C@@H]2C(=O)Nc2ccc(Cl)cc2Cl)c2cc(F)ccc21. The maximum atomic E-state index is 13.8. The number of amides is 2. The quantitative estimate of drug-likeness (QED) is 0.640. The minimum atomic E-state index is -0.627. The van der Waals surface area contributed by atoms with E-state index in [-0.39, 0.29) is 11.8 Å². The van der Waals surface area contributed by atoms with Gasteiger partial charge in [-0.2, -0.15) is 0 Å². The average molecular weight is 434 g/mol. The van der Waals surface area contributed by atoms with Crippen molar-refractivity contribution in [3.05, 3.63) is 64.0 Å². The standard InChI is InChI=1S/C21H18Cl2FN3O2/c1-26-11-15(14-10-13(24)5-7-18(14)26)21(29)27-8-2-3-19(27)20(28)25-17-6-4-12(22)9-16(17)23/h4-7,9-11,19H,2-3,8H2,1H3,(H,25,28)/t19-/m1/s1. The lowest BCUT2D eigenvalue weighted by Crippen LogP contribution is -2.43. The molecule has 3 aromatic rings. The van der Waals surface area contributed by atoms with E-state index in [1.165, 1.54) is 12.1 Å². The maximum Gasteiger partial charge on any atom is 0.256 e. The number of benzene rings is 2. The number of halogens is 3. The van der Waals surface area contributed by atoms with Crippen LogP contribution in [0.1, 0.15) is 23.2 Å². The van der Waals surface area contributed by atoms with Gasteiger partial charge in [-0.05, 0) is 49.2 Å². The smallest absolute Gasteiger partial charge is 0.256 e. The molecule has 0 aliphatic carbocycles. The second-order valence-electron chi connectivity index (χ2n) is 7.09. The molecule has 8 heteroatoms. The summed E-state index contributed by atoms with van der Waals surface area (Å²) in [6.45, 7) is 0.455. The number of nitrogens with zero attached hydrogens (tertiary/aromatic N) is 2. The molecule has 4 rings (SSSR count). The van der Waals surface area contributed by atoms with Gasteiger partial charge in [0.1, 0.15) is 11.9 Å². The fraction of sp³-hybridized carbons (Fsp3) is 0.238. The maximum absolute atomic E-state index is 13.8. The number of rotatable bonds is 3. The van der Waals surface area contributed by atoms with Crippen LogP contribution in [0.3, 0.4) is 0 Å². The molecular formula is C21H18Cl2FN3O2. The van der Waals surface area contributed by atoms with Crippen molar-refractivity contribution in [3.63, 3.8) is 0 Å². The van der Waals surface area contributed by atoms with E-state index in [9.17, 15) is 14.0 Å². The van der Waals surface area contributed by atoms with Gasteiger partial charge in [-0.1, -0.05) is 23.2 Å². The third kappa shape index (κ3) is 3.70. The summed E-state index contributed by atoms with van der Waals surface area (Å²) in [5, 5.41) is 4.10. The van der Waals surface area contributed by atoms with Gasteiger partial charge in [-0.15, -0.1) is 0 Å². The number of carbonyl (C=O) groups is 2. The zero-order valence-corrected chi connectivity index (χ0v) is 17.1. The van der Waals surface area contributed by atoms with Crippen LogP contribution in [0.2, 0.25) is 10.0 Å². The van der Waals surface area contributed by atoms with Crippen LogP contribution < -0.4 is 5.32 Å². The molecule has 0 unspecified atom stereocenters. The number of carbonyl (C=O) groups excluding carboxylic acids is 2. The second-order valence-corrected chi connectivity index (χ2v) is 7.93. The highest BCUT2D eigenvalue weighted by Crippen LogP contribution is 2.29. The monoisotopic (exact) mass is 433 g/mol. The highest BCUT2D eigenvalue weighted by molar-refractivity contribution is 6.36. The van der Waals surface area contributed by atoms with E-state index in [0.29, 0.717) is 46.1 Å². The molecule has 2 heterocycles. The molecule has 1 N–H and O–H groups in total. The number of hydrogen-bond acceptors (Lipinski definition) is 2. The number of likely N-dealkylation sites (tertiary alicyclic amines) is 1. The van der Waals surface area contributed by atoms with Crippen LogP contribution in [0.25, 0.3) is 10.9 Å². The van der Waals surface area contributed by atoms with E-state index < -0.39 is 11.9 Å². The molecule has 150 valence electrons. The minimum Gasteiger partial charge on any atom is -0.350 e. The van der Waals surface area contributed by atoms with Crippen molar-refractivity contribution < 1.29 is 14.0 Å². The Morgan fingerprint density at radius 3 is 2.72 bits per heavy atom. The molecule has 1 aliphatic heterocycles. The number of aromatic nitrogens is 1. The Morgan fingerprint density at radius 1 is 1.17 bits per heavy atom. The number of aryl methyl sites for hydroxylation is 1. The van der Waals surface area contributed by atoms with E-state index in [0.717, 1.165) is 5.52 Å². The minimum absolute atomic E-state index is 0.291. The molecule has 2 amide bonds. The third-order valence-electron chi connectivity index (χ3n) is 5.19. The van der Waals surface area contributed by atoms with Crippen LogP contribution in [0.4, 0.5) is 10.1 Å². The van der Waals surface area contributed by atoms with E-state index in [1.54, 1.807) is 47.0 Å². The lowest BCUT2D eigenvalue weighted by molar-refractivity contribution is -0.119. The molecule has 5 nitrogen and oxygen atoms in total. The third-order valence-corrected chi connectivity index (χ3v) is 5.74. The molecular weight excluding hydrogens is 416 g/mol. The fourth-order valence-corrected chi connectivity index (χ4v) is 4.23. The topological polar surface area (TPSA) is 54.3 Å². The van der Waals surface area contributed by atoms with Gasteiger partial charge in [0, 0.05) is 35.7 Å². The van der Waals surface area contributed by atoms with Crippen molar-refractivity contribution in [3.8, 4) is 0 Å². The summed E-state index contributed by atoms with van der Waals surface area (Å²) >= 11 is 12.0. The molecule has 0 spiro atoms. The Morgan fingerprint density at radius 2 is 1.97 bits per heavy atom. The van der Waals surface area contributed by atoms with Gasteiger partial charge in [0.2, 0.25) is 5.91 Å². The van der Waals surface area contributed by atoms with Crippen LogP contribution in [0.5, 0.6) is 0 Å². The molecule has 1 atom stereocenters. The fourth-order valence-electron chi connectivity index (χ4n) is 3.78. The molecule has 0 saturated carbocycles. The predicted octanol–water partition coefficient (Wildman–Crippen LogP) is 4.87. The van der Waals surface area contributed by atoms with E-state index in [4.69, 9.17) is 23.2 Å². The molecule has 0 radical (unpaired) electrons. The number of fused-ring (bicyclic) bond motifs is 1. The van der Waals surface area contributed by atoms with Gasteiger partial charge >= 0.3 is 0 Å². The molecule has 29 heavy (non-hydrogen) atoms. The Kier molecular flexibility index (Phi) is 5.23. The van der Waals surface area contributed by atoms with Crippen molar-refractivity contribution in [1.29, 1.82) is 0 Å². The Bertz CT molecular complexity index is 1130. The first-order valence-electron chi connectivity index (χ1n) is 9.16. The van der Waals surface area contributed by atoms with Gasteiger partial charge in [0.15, 0.2) is 0 Å². The zero-order chi connectivity index (χ0) is 20.7. The lowest BCUT2D eigenvalue weighted by Gasteiger charge is -2.24. The van der Waals surface area contributed by atoms with Crippen molar-refractivity contribution in [1.82, 2.24) is 9.47 Å². The summed E-state index contributed by atoms with van der Waals surface area (Å²) in [6, 6.07) is 8.51. The summed E-state index contributed by atoms with van der Waals surface area (Å²) in [6.07, 6.45) is 2.93. The summed E-state index contributed by atoms with van der Waals surface area (Å²) in [5.41, 5.74) is 1.57. The Hall–Kier alpha value is -2.57.